The fourth-order valence-corrected chi connectivity index (χ4v) is 0.927. The van der Waals surface area contributed by atoms with E-state index in [2.05, 4.69) is 4.98 Å². The molecule has 0 atom stereocenters. The van der Waals surface area contributed by atoms with Crippen LogP contribution in [0.25, 0.3) is 0 Å². The highest BCUT2D eigenvalue weighted by atomic mass is 16.5. The summed E-state index contributed by atoms with van der Waals surface area (Å²) in [5.74, 6) is 0. The summed E-state index contributed by atoms with van der Waals surface area (Å²) in [6.07, 6.45) is 1.24. The topological polar surface area (TPSA) is 99.3 Å². The summed E-state index contributed by atoms with van der Waals surface area (Å²) in [6.45, 7) is 0.832. The van der Waals surface area contributed by atoms with Crippen molar-refractivity contribution in [1.82, 2.24) is 9.55 Å². The van der Waals surface area contributed by atoms with Crippen LogP contribution in [0.5, 0.6) is 0 Å². The maximum absolute atomic E-state index is 11.2. The van der Waals surface area contributed by atoms with Gasteiger partial charge in [-0.3, -0.25) is 14.3 Å². The molecule has 0 aliphatic heterocycles. The predicted octanol–water partition coefficient (Wildman–Crippen LogP) is -1.26. The van der Waals surface area contributed by atoms with Crippen molar-refractivity contribution in [2.24, 2.45) is 0 Å². The smallest absolute Gasteiger partial charge is 0.330 e. The van der Waals surface area contributed by atoms with Gasteiger partial charge in [-0.15, -0.1) is 0 Å². The molecule has 3 N–H and O–H groups in total. The largest absolute Gasteiger partial charge is 0.393 e. The first-order valence-corrected chi connectivity index (χ1v) is 4.31. The standard InChI is InChI=1S/C8H13N3O4/c1-14-2-3-15-5-11-4-6(9)7(12)10-8(11)13/h4H,2-3,5,9H2,1H3,(H,10,12,13). The van der Waals surface area contributed by atoms with Gasteiger partial charge >= 0.3 is 5.69 Å². The monoisotopic (exact) mass is 215 g/mol. The van der Waals surface area contributed by atoms with Crippen LogP contribution < -0.4 is 17.0 Å². The summed E-state index contributed by atoms with van der Waals surface area (Å²) < 4.78 is 11.0. The van der Waals surface area contributed by atoms with E-state index in [9.17, 15) is 9.59 Å². The number of nitrogen functional groups attached to an aromatic ring is 1. The van der Waals surface area contributed by atoms with E-state index in [-0.39, 0.29) is 12.4 Å². The first-order valence-electron chi connectivity index (χ1n) is 4.31. The molecule has 1 heterocycles. The van der Waals surface area contributed by atoms with E-state index in [0.717, 1.165) is 0 Å². The Kier molecular flexibility index (Phi) is 4.07. The molecule has 1 rings (SSSR count). The van der Waals surface area contributed by atoms with Crippen LogP contribution in [0.2, 0.25) is 0 Å². The lowest BCUT2D eigenvalue weighted by atomic mass is 10.5. The van der Waals surface area contributed by atoms with Crippen molar-refractivity contribution in [2.75, 3.05) is 26.1 Å². The highest BCUT2D eigenvalue weighted by Gasteiger charge is 2.00. The Hall–Kier alpha value is -1.60. The summed E-state index contributed by atoms with van der Waals surface area (Å²) >= 11 is 0. The second kappa shape index (κ2) is 5.32. The van der Waals surface area contributed by atoms with E-state index in [4.69, 9.17) is 15.2 Å². The van der Waals surface area contributed by atoms with Gasteiger partial charge in [0.1, 0.15) is 12.4 Å². The molecular formula is C8H13N3O4. The van der Waals surface area contributed by atoms with Gasteiger partial charge in [-0.05, 0) is 0 Å². The minimum absolute atomic E-state index is 0.0232. The summed E-state index contributed by atoms with van der Waals surface area (Å²) in [4.78, 5) is 24.2. The Labute approximate surface area is 85.4 Å². The molecule has 0 unspecified atom stereocenters. The van der Waals surface area contributed by atoms with Gasteiger partial charge in [0.2, 0.25) is 0 Å². The van der Waals surface area contributed by atoms with Crippen molar-refractivity contribution in [2.45, 2.75) is 6.73 Å². The molecule has 7 nitrogen and oxygen atoms in total. The molecular weight excluding hydrogens is 202 g/mol. The van der Waals surface area contributed by atoms with Crippen molar-refractivity contribution in [3.8, 4) is 0 Å². The number of rotatable bonds is 5. The van der Waals surface area contributed by atoms with Gasteiger partial charge in [-0.25, -0.2) is 4.79 Å². The molecule has 0 aromatic carbocycles. The lowest BCUT2D eigenvalue weighted by Gasteiger charge is -2.06. The molecule has 84 valence electrons. The van der Waals surface area contributed by atoms with Gasteiger partial charge < -0.3 is 15.2 Å². The first kappa shape index (κ1) is 11.5. The van der Waals surface area contributed by atoms with Crippen molar-refractivity contribution in [3.05, 3.63) is 27.0 Å². The normalized spacial score (nSPS) is 10.5. The van der Waals surface area contributed by atoms with E-state index in [0.29, 0.717) is 13.2 Å². The second-order valence-electron chi connectivity index (χ2n) is 2.84. The molecule has 1 aromatic heterocycles. The molecule has 0 fully saturated rings. The number of methoxy groups -OCH3 is 1. The number of aromatic amines is 1. The zero-order valence-corrected chi connectivity index (χ0v) is 8.36. The summed E-state index contributed by atoms with van der Waals surface area (Å²) in [5, 5.41) is 0. The molecule has 15 heavy (non-hydrogen) atoms. The van der Waals surface area contributed by atoms with Crippen LogP contribution in [-0.2, 0) is 16.2 Å². The zero-order chi connectivity index (χ0) is 11.3. The third-order valence-electron chi connectivity index (χ3n) is 1.70. The molecule has 0 saturated heterocycles. The third kappa shape index (κ3) is 3.22. The van der Waals surface area contributed by atoms with Crippen molar-refractivity contribution in [3.63, 3.8) is 0 Å². The molecule has 0 saturated carbocycles. The summed E-state index contributed by atoms with van der Waals surface area (Å²) in [6, 6.07) is 0. The Bertz CT molecular complexity index is 423. The van der Waals surface area contributed by atoms with Gasteiger partial charge in [0.25, 0.3) is 5.56 Å². The number of ether oxygens (including phenoxy) is 2. The fourth-order valence-electron chi connectivity index (χ4n) is 0.927. The van der Waals surface area contributed by atoms with Crippen LogP contribution in [0, 0.1) is 0 Å². The van der Waals surface area contributed by atoms with E-state index in [1.165, 1.54) is 10.8 Å². The van der Waals surface area contributed by atoms with E-state index in [1.54, 1.807) is 7.11 Å². The maximum atomic E-state index is 11.2. The Morgan fingerprint density at radius 2 is 2.20 bits per heavy atom. The quantitative estimate of drug-likeness (QED) is 0.597. The van der Waals surface area contributed by atoms with E-state index >= 15 is 0 Å². The van der Waals surface area contributed by atoms with Gasteiger partial charge in [0, 0.05) is 13.3 Å². The molecule has 0 aliphatic rings. The number of anilines is 1. The Balaban J connectivity index is 2.66. The zero-order valence-electron chi connectivity index (χ0n) is 8.36. The molecule has 1 aromatic rings. The molecule has 0 spiro atoms. The second-order valence-corrected chi connectivity index (χ2v) is 2.84. The van der Waals surface area contributed by atoms with Crippen molar-refractivity contribution < 1.29 is 9.47 Å². The fraction of sp³-hybridized carbons (Fsp3) is 0.500. The average molecular weight is 215 g/mol. The highest BCUT2D eigenvalue weighted by molar-refractivity contribution is 5.29. The number of H-pyrrole nitrogens is 1. The molecule has 0 radical (unpaired) electrons. The number of hydrogen-bond donors (Lipinski definition) is 2. The minimum Gasteiger partial charge on any atom is -0.393 e. The predicted molar refractivity (Wildman–Crippen MR) is 53.6 cm³/mol. The van der Waals surface area contributed by atoms with E-state index < -0.39 is 11.2 Å². The molecule has 0 bridgehead atoms. The molecule has 0 amide bonds. The van der Waals surface area contributed by atoms with Crippen LogP contribution in [0.4, 0.5) is 5.69 Å². The average Bonchev–Trinajstić information content (AvgIpc) is 2.20. The highest BCUT2D eigenvalue weighted by Crippen LogP contribution is 1.88. The van der Waals surface area contributed by atoms with Crippen LogP contribution in [0.15, 0.2) is 15.8 Å². The number of nitrogens with one attached hydrogen (secondary N) is 1. The number of aromatic nitrogens is 2. The van der Waals surface area contributed by atoms with Crippen LogP contribution in [0.1, 0.15) is 0 Å². The van der Waals surface area contributed by atoms with Crippen LogP contribution in [0.3, 0.4) is 0 Å². The number of hydrogen-bond acceptors (Lipinski definition) is 5. The lowest BCUT2D eigenvalue weighted by molar-refractivity contribution is 0.0321. The molecule has 7 heteroatoms. The van der Waals surface area contributed by atoms with Gasteiger partial charge in [0.05, 0.1) is 13.2 Å². The summed E-state index contributed by atoms with van der Waals surface area (Å²) in [5.41, 5.74) is 4.17. The molecule has 0 aliphatic carbocycles. The third-order valence-corrected chi connectivity index (χ3v) is 1.70. The Morgan fingerprint density at radius 1 is 1.47 bits per heavy atom. The van der Waals surface area contributed by atoms with Gasteiger partial charge in [0.15, 0.2) is 0 Å². The maximum Gasteiger partial charge on any atom is 0.330 e. The minimum atomic E-state index is -0.590. The summed E-state index contributed by atoms with van der Waals surface area (Å²) in [7, 11) is 1.55. The van der Waals surface area contributed by atoms with Crippen molar-refractivity contribution >= 4 is 5.69 Å². The van der Waals surface area contributed by atoms with Crippen molar-refractivity contribution in [1.29, 1.82) is 0 Å². The first-order chi connectivity index (χ1) is 7.15. The van der Waals surface area contributed by atoms with Crippen LogP contribution >= 0.6 is 0 Å². The lowest BCUT2D eigenvalue weighted by Crippen LogP contribution is -2.31. The van der Waals surface area contributed by atoms with Gasteiger partial charge in [-0.2, -0.15) is 0 Å². The van der Waals surface area contributed by atoms with Crippen LogP contribution in [-0.4, -0.2) is 29.9 Å². The number of nitrogens with zero attached hydrogens (tertiary/aromatic N) is 1. The Morgan fingerprint density at radius 3 is 2.87 bits per heavy atom. The van der Waals surface area contributed by atoms with E-state index in [1.807, 2.05) is 0 Å². The number of nitrogens with two attached hydrogens (primary N) is 1. The SMILES string of the molecule is COCCOCn1cc(N)c(=O)[nH]c1=O. The van der Waals surface area contributed by atoms with Gasteiger partial charge in [-0.1, -0.05) is 0 Å².